The quantitative estimate of drug-likeness (QED) is 0.556. The first-order chi connectivity index (χ1) is 16.1. The van der Waals surface area contributed by atoms with Crippen molar-refractivity contribution in [3.05, 3.63) is 101 Å². The maximum absolute atomic E-state index is 14.5. The Kier molecular flexibility index (Phi) is 6.14. The highest BCUT2D eigenvalue weighted by atomic mass is 19.1. The zero-order chi connectivity index (χ0) is 22.8. The molecule has 0 aromatic heterocycles. The van der Waals surface area contributed by atoms with E-state index in [4.69, 9.17) is 4.74 Å². The van der Waals surface area contributed by atoms with Crippen molar-refractivity contribution in [3.63, 3.8) is 0 Å². The van der Waals surface area contributed by atoms with Gasteiger partial charge in [0, 0.05) is 24.7 Å². The van der Waals surface area contributed by atoms with Gasteiger partial charge in [0.1, 0.15) is 11.6 Å². The molecule has 170 valence electrons. The van der Waals surface area contributed by atoms with Gasteiger partial charge in [-0.1, -0.05) is 54.6 Å². The molecule has 1 amide bonds. The second-order valence-corrected chi connectivity index (χ2v) is 9.03. The highest BCUT2D eigenvalue weighted by molar-refractivity contribution is 5.81. The molecule has 0 radical (unpaired) electrons. The fraction of sp³-hybridized carbons (Fsp3) is 0.321. The van der Waals surface area contributed by atoms with Gasteiger partial charge in [0.25, 0.3) is 5.91 Å². The van der Waals surface area contributed by atoms with Crippen LogP contribution in [-0.4, -0.2) is 29.5 Å². The van der Waals surface area contributed by atoms with Crippen LogP contribution in [0.15, 0.2) is 72.8 Å². The Labute approximate surface area is 194 Å². The first kappa shape index (κ1) is 21.7. The van der Waals surface area contributed by atoms with Crippen LogP contribution in [0.25, 0.3) is 0 Å². The van der Waals surface area contributed by atoms with Crippen LogP contribution in [0, 0.1) is 5.82 Å². The number of halogens is 1. The van der Waals surface area contributed by atoms with Gasteiger partial charge in [0.05, 0.1) is 6.04 Å². The molecule has 4 nitrogen and oxygen atoms in total. The Hall–Kier alpha value is -3.18. The van der Waals surface area contributed by atoms with Crippen molar-refractivity contribution < 1.29 is 13.9 Å². The van der Waals surface area contributed by atoms with E-state index in [-0.39, 0.29) is 17.8 Å². The molecule has 3 aromatic rings. The number of hydrogen-bond acceptors (Lipinski definition) is 3. The number of ether oxygens (including phenoxy) is 1. The summed E-state index contributed by atoms with van der Waals surface area (Å²) in [5, 5.41) is 3.00. The summed E-state index contributed by atoms with van der Waals surface area (Å²) in [5.41, 5.74) is 4.26. The van der Waals surface area contributed by atoms with Crippen molar-refractivity contribution in [2.75, 3.05) is 6.54 Å². The minimum Gasteiger partial charge on any atom is -0.481 e. The van der Waals surface area contributed by atoms with Crippen LogP contribution < -0.4 is 10.1 Å². The number of benzene rings is 3. The van der Waals surface area contributed by atoms with E-state index >= 15 is 0 Å². The molecule has 2 aliphatic rings. The highest BCUT2D eigenvalue weighted by Gasteiger charge is 2.30. The molecule has 33 heavy (non-hydrogen) atoms. The molecule has 1 saturated carbocycles. The Bertz CT molecular complexity index is 1130. The van der Waals surface area contributed by atoms with E-state index in [1.807, 2.05) is 36.4 Å². The number of fused-ring (bicyclic) bond motifs is 1. The van der Waals surface area contributed by atoms with E-state index in [2.05, 4.69) is 34.5 Å². The number of hydrogen-bond donors (Lipinski definition) is 1. The smallest absolute Gasteiger partial charge is 0.260 e. The third kappa shape index (κ3) is 4.93. The molecule has 1 aliphatic heterocycles. The number of nitrogens with zero attached hydrogens (tertiary/aromatic N) is 1. The van der Waals surface area contributed by atoms with E-state index < -0.39 is 6.10 Å². The fourth-order valence-electron chi connectivity index (χ4n) is 4.56. The lowest BCUT2D eigenvalue weighted by molar-refractivity contribution is -0.127. The summed E-state index contributed by atoms with van der Waals surface area (Å²) in [6.45, 7) is 3.15. The number of carbonyl (C=O) groups excluding carboxylic acids is 1. The minimum atomic E-state index is -0.558. The second-order valence-electron chi connectivity index (χ2n) is 9.03. The maximum atomic E-state index is 14.5. The van der Waals surface area contributed by atoms with Gasteiger partial charge >= 0.3 is 0 Å². The van der Waals surface area contributed by atoms with Gasteiger partial charge in [-0.3, -0.25) is 9.69 Å². The van der Waals surface area contributed by atoms with E-state index in [1.165, 1.54) is 11.6 Å². The van der Waals surface area contributed by atoms with E-state index in [9.17, 15) is 9.18 Å². The molecule has 1 aliphatic carbocycles. The van der Waals surface area contributed by atoms with E-state index in [0.29, 0.717) is 23.9 Å². The normalized spacial score (nSPS) is 18.9. The summed E-state index contributed by atoms with van der Waals surface area (Å²) < 4.78 is 20.5. The van der Waals surface area contributed by atoms with Gasteiger partial charge in [-0.05, 0) is 61.1 Å². The van der Waals surface area contributed by atoms with Crippen molar-refractivity contribution in [1.82, 2.24) is 10.2 Å². The fourth-order valence-corrected chi connectivity index (χ4v) is 4.56. The molecule has 0 spiro atoms. The summed E-state index contributed by atoms with van der Waals surface area (Å²) in [4.78, 5) is 14.7. The maximum Gasteiger partial charge on any atom is 0.260 e. The predicted molar refractivity (Wildman–Crippen MR) is 126 cm³/mol. The molecular formula is C28H29FN2O2. The summed E-state index contributed by atoms with van der Waals surface area (Å²) in [6.07, 6.45) is 2.42. The zero-order valence-electron chi connectivity index (χ0n) is 18.8. The number of nitrogens with one attached hydrogen (secondary N) is 1. The average molecular weight is 445 g/mol. The molecule has 3 aromatic carbocycles. The van der Waals surface area contributed by atoms with Crippen LogP contribution in [0.2, 0.25) is 0 Å². The molecule has 0 saturated heterocycles. The van der Waals surface area contributed by atoms with Gasteiger partial charge in [-0.25, -0.2) is 4.39 Å². The second kappa shape index (κ2) is 9.36. The standard InChI is InChI=1S/C28H29FN2O2/c1-19(28(32)30-23-12-13-23)33-24-14-11-20-15-16-31(18-22-9-5-6-10-26(22)29)27(25(20)17-24)21-7-3-2-4-8-21/h2-11,14,17,19,23,27H,12-13,15-16,18H2,1H3,(H,30,32)/t19-,27+/m1/s1. The van der Waals surface area contributed by atoms with E-state index in [0.717, 1.165) is 36.9 Å². The highest BCUT2D eigenvalue weighted by Crippen LogP contribution is 2.38. The Morgan fingerprint density at radius 1 is 1.09 bits per heavy atom. The van der Waals surface area contributed by atoms with Gasteiger partial charge in [0.2, 0.25) is 0 Å². The number of rotatable bonds is 7. The lowest BCUT2D eigenvalue weighted by Crippen LogP contribution is -2.38. The largest absolute Gasteiger partial charge is 0.481 e. The first-order valence-corrected chi connectivity index (χ1v) is 11.7. The van der Waals surface area contributed by atoms with Crippen molar-refractivity contribution in [2.24, 2.45) is 0 Å². The van der Waals surface area contributed by atoms with Crippen LogP contribution in [0.1, 0.15) is 48.1 Å². The Morgan fingerprint density at radius 3 is 2.61 bits per heavy atom. The van der Waals surface area contributed by atoms with Crippen LogP contribution in [0.5, 0.6) is 5.75 Å². The third-order valence-electron chi connectivity index (χ3n) is 6.50. The molecule has 2 atom stereocenters. The predicted octanol–water partition coefficient (Wildman–Crippen LogP) is 5.02. The van der Waals surface area contributed by atoms with Gasteiger partial charge < -0.3 is 10.1 Å². The molecule has 5 heteroatoms. The topological polar surface area (TPSA) is 41.6 Å². The van der Waals surface area contributed by atoms with Crippen molar-refractivity contribution in [2.45, 2.75) is 50.9 Å². The SMILES string of the molecule is C[C@@H](Oc1ccc2c(c1)[C@H](c1ccccc1)N(Cc1ccccc1F)CC2)C(=O)NC1CC1. The summed E-state index contributed by atoms with van der Waals surface area (Å²) in [5.74, 6) is 0.430. The van der Waals surface area contributed by atoms with Gasteiger partial charge in [-0.15, -0.1) is 0 Å². The molecular weight excluding hydrogens is 415 g/mol. The average Bonchev–Trinajstić information content (AvgIpc) is 3.65. The Balaban J connectivity index is 1.44. The summed E-state index contributed by atoms with van der Waals surface area (Å²) >= 11 is 0. The summed E-state index contributed by atoms with van der Waals surface area (Å²) in [7, 11) is 0. The summed E-state index contributed by atoms with van der Waals surface area (Å²) in [6, 6.07) is 23.7. The lowest BCUT2D eigenvalue weighted by atomic mass is 9.87. The monoisotopic (exact) mass is 444 g/mol. The van der Waals surface area contributed by atoms with Crippen LogP contribution >= 0.6 is 0 Å². The third-order valence-corrected chi connectivity index (χ3v) is 6.50. The number of amides is 1. The van der Waals surface area contributed by atoms with Gasteiger partial charge in [0.15, 0.2) is 6.10 Å². The molecule has 1 heterocycles. The molecule has 1 fully saturated rings. The van der Waals surface area contributed by atoms with Crippen molar-refractivity contribution in [3.8, 4) is 5.75 Å². The van der Waals surface area contributed by atoms with Crippen LogP contribution in [0.3, 0.4) is 0 Å². The lowest BCUT2D eigenvalue weighted by Gasteiger charge is -2.38. The molecule has 0 bridgehead atoms. The van der Waals surface area contributed by atoms with Gasteiger partial charge in [-0.2, -0.15) is 0 Å². The Morgan fingerprint density at radius 2 is 1.85 bits per heavy atom. The zero-order valence-corrected chi connectivity index (χ0v) is 18.8. The van der Waals surface area contributed by atoms with Crippen molar-refractivity contribution >= 4 is 5.91 Å². The molecule has 0 unspecified atom stereocenters. The van der Waals surface area contributed by atoms with Crippen molar-refractivity contribution in [1.29, 1.82) is 0 Å². The van der Waals surface area contributed by atoms with Crippen LogP contribution in [0.4, 0.5) is 4.39 Å². The van der Waals surface area contributed by atoms with Crippen LogP contribution in [-0.2, 0) is 17.8 Å². The first-order valence-electron chi connectivity index (χ1n) is 11.7. The van der Waals surface area contributed by atoms with E-state index in [1.54, 1.807) is 13.0 Å². The molecule has 5 rings (SSSR count). The minimum absolute atomic E-state index is 0.0197. The molecule has 1 N–H and O–H groups in total. The number of carbonyl (C=O) groups is 1.